The molecular formula is C14H7ClN2O4S. The van der Waals surface area contributed by atoms with E-state index in [1.807, 2.05) is 17.5 Å². The van der Waals surface area contributed by atoms with Crippen molar-refractivity contribution in [3.8, 4) is 0 Å². The van der Waals surface area contributed by atoms with Crippen molar-refractivity contribution in [1.29, 1.82) is 0 Å². The summed E-state index contributed by atoms with van der Waals surface area (Å²) in [5, 5.41) is 12.9. The molecule has 1 aliphatic rings. The van der Waals surface area contributed by atoms with E-state index in [-0.39, 0.29) is 27.9 Å². The monoisotopic (exact) mass is 334 g/mol. The molecule has 8 heteroatoms. The zero-order chi connectivity index (χ0) is 15.7. The molecule has 0 N–H and O–H groups in total. The number of rotatable bonds is 3. The number of nitrogens with zero attached hydrogens (tertiary/aromatic N) is 2. The van der Waals surface area contributed by atoms with Gasteiger partial charge in [0.05, 0.1) is 15.5 Å². The van der Waals surface area contributed by atoms with Gasteiger partial charge in [0.1, 0.15) is 0 Å². The number of nitro groups is 1. The number of hydrogen-bond acceptors (Lipinski definition) is 6. The number of carbonyl (C=O) groups is 1. The molecule has 0 amide bonds. The van der Waals surface area contributed by atoms with Gasteiger partial charge in [-0.25, -0.2) is 9.79 Å². The lowest BCUT2D eigenvalue weighted by Gasteiger charge is -2.02. The number of halogens is 1. The minimum absolute atomic E-state index is 0.0403. The Balaban J connectivity index is 2.01. The number of cyclic esters (lactones) is 1. The van der Waals surface area contributed by atoms with E-state index in [2.05, 4.69) is 4.99 Å². The van der Waals surface area contributed by atoms with E-state index in [0.717, 1.165) is 4.88 Å². The summed E-state index contributed by atoms with van der Waals surface area (Å²) in [5.74, 6) is -0.660. The van der Waals surface area contributed by atoms with Gasteiger partial charge in [0, 0.05) is 17.0 Å². The molecule has 0 aliphatic carbocycles. The summed E-state index contributed by atoms with van der Waals surface area (Å²) in [6.07, 6.45) is 1.59. The summed E-state index contributed by atoms with van der Waals surface area (Å²) in [4.78, 5) is 27.0. The largest absolute Gasteiger partial charge is 0.402 e. The highest BCUT2D eigenvalue weighted by Gasteiger charge is 2.27. The molecule has 6 nitrogen and oxygen atoms in total. The molecule has 1 aliphatic heterocycles. The molecule has 0 atom stereocenters. The maximum absolute atomic E-state index is 11.8. The van der Waals surface area contributed by atoms with E-state index in [9.17, 15) is 14.9 Å². The molecule has 1 aromatic carbocycles. The first-order chi connectivity index (χ1) is 10.5. The molecule has 2 aromatic rings. The first-order valence-corrected chi connectivity index (χ1v) is 7.31. The SMILES string of the molecule is O=C1OC(c2cc([N+](=O)[O-])ccc2Cl)=N/C1=C\c1cccs1. The number of carbonyl (C=O) groups excluding carboxylic acids is 1. The van der Waals surface area contributed by atoms with Crippen molar-refractivity contribution in [2.45, 2.75) is 0 Å². The van der Waals surface area contributed by atoms with E-state index in [0.29, 0.717) is 0 Å². The average Bonchev–Trinajstić information content (AvgIpc) is 3.10. The van der Waals surface area contributed by atoms with E-state index < -0.39 is 10.9 Å². The Morgan fingerprint density at radius 3 is 2.86 bits per heavy atom. The van der Waals surface area contributed by atoms with E-state index in [1.54, 1.807) is 6.08 Å². The van der Waals surface area contributed by atoms with Gasteiger partial charge in [0.15, 0.2) is 5.70 Å². The zero-order valence-corrected chi connectivity index (χ0v) is 12.4. The van der Waals surface area contributed by atoms with Crippen LogP contribution in [0.15, 0.2) is 46.4 Å². The summed E-state index contributed by atoms with van der Waals surface area (Å²) < 4.78 is 5.06. The van der Waals surface area contributed by atoms with Crippen molar-refractivity contribution in [3.63, 3.8) is 0 Å². The minimum atomic E-state index is -0.619. The number of aliphatic imine (C=N–C) groups is 1. The van der Waals surface area contributed by atoms with Crippen LogP contribution in [0, 0.1) is 10.1 Å². The molecule has 0 spiro atoms. The number of thiophene rings is 1. The number of nitro benzene ring substituents is 1. The van der Waals surface area contributed by atoms with Gasteiger partial charge in [-0.2, -0.15) is 0 Å². The Kier molecular flexibility index (Phi) is 3.74. The lowest BCUT2D eigenvalue weighted by molar-refractivity contribution is -0.384. The van der Waals surface area contributed by atoms with Crippen molar-refractivity contribution in [3.05, 3.63) is 67.0 Å². The van der Waals surface area contributed by atoms with Crippen molar-refractivity contribution in [2.75, 3.05) is 0 Å². The van der Waals surface area contributed by atoms with Crippen LogP contribution >= 0.6 is 22.9 Å². The molecule has 0 fully saturated rings. The second-order valence-electron chi connectivity index (χ2n) is 4.27. The van der Waals surface area contributed by atoms with Crippen LogP contribution in [0.4, 0.5) is 5.69 Å². The highest BCUT2D eigenvalue weighted by Crippen LogP contribution is 2.27. The highest BCUT2D eigenvalue weighted by atomic mass is 35.5. The van der Waals surface area contributed by atoms with Gasteiger partial charge >= 0.3 is 5.97 Å². The third-order valence-corrected chi connectivity index (χ3v) is 3.98. The van der Waals surface area contributed by atoms with Gasteiger partial charge in [-0.15, -0.1) is 11.3 Å². The summed E-state index contributed by atoms with van der Waals surface area (Å²) in [5.41, 5.74) is 0.174. The fraction of sp³-hybridized carbons (Fsp3) is 0. The zero-order valence-electron chi connectivity index (χ0n) is 10.9. The highest BCUT2D eigenvalue weighted by molar-refractivity contribution is 7.10. The quantitative estimate of drug-likeness (QED) is 0.371. The molecule has 0 radical (unpaired) electrons. The molecule has 3 rings (SSSR count). The molecule has 1 aromatic heterocycles. The maximum Gasteiger partial charge on any atom is 0.363 e. The van der Waals surface area contributed by atoms with Crippen LogP contribution in [-0.4, -0.2) is 16.8 Å². The van der Waals surface area contributed by atoms with Gasteiger partial charge in [-0.3, -0.25) is 10.1 Å². The number of benzene rings is 1. The number of non-ortho nitro benzene ring substituents is 1. The first kappa shape index (κ1) is 14.4. The summed E-state index contributed by atoms with van der Waals surface area (Å²) in [6.45, 7) is 0. The maximum atomic E-state index is 11.8. The smallest absolute Gasteiger partial charge is 0.363 e. The van der Waals surface area contributed by atoms with Crippen molar-refractivity contribution in [1.82, 2.24) is 0 Å². The Morgan fingerprint density at radius 2 is 2.18 bits per heavy atom. The number of esters is 1. The topological polar surface area (TPSA) is 81.8 Å². The van der Waals surface area contributed by atoms with Gasteiger partial charge in [-0.05, 0) is 23.6 Å². The van der Waals surface area contributed by atoms with Crippen molar-refractivity contribution < 1.29 is 14.5 Å². The third kappa shape index (κ3) is 2.76. The van der Waals surface area contributed by atoms with Crippen LogP contribution in [0.5, 0.6) is 0 Å². The second kappa shape index (κ2) is 5.70. The summed E-state index contributed by atoms with van der Waals surface area (Å²) >= 11 is 7.46. The molecule has 2 heterocycles. The van der Waals surface area contributed by atoms with Gasteiger partial charge in [-0.1, -0.05) is 17.7 Å². The molecule has 0 saturated carbocycles. The Bertz CT molecular complexity index is 827. The van der Waals surface area contributed by atoms with Crippen LogP contribution < -0.4 is 0 Å². The van der Waals surface area contributed by atoms with Crippen LogP contribution in [0.25, 0.3) is 6.08 Å². The molecule has 22 heavy (non-hydrogen) atoms. The Hall–Kier alpha value is -2.51. The molecule has 0 unspecified atom stereocenters. The van der Waals surface area contributed by atoms with E-state index in [4.69, 9.17) is 16.3 Å². The predicted octanol–water partition coefficient (Wildman–Crippen LogP) is 3.65. The fourth-order valence-corrected chi connectivity index (χ4v) is 2.67. The molecular weight excluding hydrogens is 328 g/mol. The third-order valence-electron chi connectivity index (χ3n) is 2.83. The van der Waals surface area contributed by atoms with Crippen LogP contribution in [0.3, 0.4) is 0 Å². The fourth-order valence-electron chi connectivity index (χ4n) is 1.82. The number of hydrogen-bond donors (Lipinski definition) is 0. The average molecular weight is 335 g/mol. The standard InChI is InChI=1S/C14H7ClN2O4S/c15-11-4-3-8(17(19)20)6-10(11)13-16-12(14(18)21-13)7-9-2-1-5-22-9/h1-7H/b12-7-. The molecule has 0 bridgehead atoms. The van der Waals surface area contributed by atoms with E-state index >= 15 is 0 Å². The van der Waals surface area contributed by atoms with Crippen LogP contribution in [0.1, 0.15) is 10.4 Å². The van der Waals surface area contributed by atoms with Gasteiger partial charge in [0.2, 0.25) is 5.90 Å². The second-order valence-corrected chi connectivity index (χ2v) is 5.66. The summed E-state index contributed by atoms with van der Waals surface area (Å²) in [7, 11) is 0. The first-order valence-electron chi connectivity index (χ1n) is 6.05. The Labute approximate surface area is 133 Å². The molecule has 0 saturated heterocycles. The molecule has 110 valence electrons. The van der Waals surface area contributed by atoms with Gasteiger partial charge < -0.3 is 4.74 Å². The van der Waals surface area contributed by atoms with Crippen LogP contribution in [0.2, 0.25) is 5.02 Å². The van der Waals surface area contributed by atoms with Crippen molar-refractivity contribution in [2.24, 2.45) is 4.99 Å². The van der Waals surface area contributed by atoms with Crippen molar-refractivity contribution >= 4 is 46.6 Å². The normalized spacial score (nSPS) is 15.8. The van der Waals surface area contributed by atoms with Gasteiger partial charge in [0.25, 0.3) is 5.69 Å². The number of ether oxygens (including phenoxy) is 1. The van der Waals surface area contributed by atoms with E-state index in [1.165, 1.54) is 29.5 Å². The van der Waals surface area contributed by atoms with Crippen LogP contribution in [-0.2, 0) is 9.53 Å². The lowest BCUT2D eigenvalue weighted by Crippen LogP contribution is -2.06. The lowest BCUT2D eigenvalue weighted by atomic mass is 10.2. The predicted molar refractivity (Wildman–Crippen MR) is 83.0 cm³/mol. The summed E-state index contributed by atoms with van der Waals surface area (Å²) in [6, 6.07) is 7.54. The minimum Gasteiger partial charge on any atom is -0.402 e. The Morgan fingerprint density at radius 1 is 1.36 bits per heavy atom.